The second-order valence-corrected chi connectivity index (χ2v) is 3.86. The van der Waals surface area contributed by atoms with Crippen LogP contribution in [0.4, 0.5) is 15.8 Å². The van der Waals surface area contributed by atoms with E-state index < -0.39 is 16.4 Å². The molecule has 2 N–H and O–H groups in total. The Morgan fingerprint density at radius 1 is 1.50 bits per heavy atom. The van der Waals surface area contributed by atoms with Gasteiger partial charge in [0.2, 0.25) is 5.91 Å². The molecule has 18 heavy (non-hydrogen) atoms. The van der Waals surface area contributed by atoms with Crippen LogP contribution in [0.25, 0.3) is 0 Å². The SMILES string of the molecule is CC(=O)NCCNc1cc(Cl)c(F)cc1[N+](=O)[O-]. The van der Waals surface area contributed by atoms with E-state index in [-0.39, 0.29) is 23.2 Å². The molecule has 0 aliphatic heterocycles. The maximum Gasteiger partial charge on any atom is 0.295 e. The first-order valence-corrected chi connectivity index (χ1v) is 5.41. The number of nitro benzene ring substituents is 1. The number of carbonyl (C=O) groups excluding carboxylic acids is 1. The van der Waals surface area contributed by atoms with Gasteiger partial charge in [0, 0.05) is 20.0 Å². The number of nitrogens with zero attached hydrogens (tertiary/aromatic N) is 1. The molecule has 0 bridgehead atoms. The van der Waals surface area contributed by atoms with E-state index in [2.05, 4.69) is 10.6 Å². The van der Waals surface area contributed by atoms with Crippen LogP contribution in [0.5, 0.6) is 0 Å². The number of nitro groups is 1. The molecule has 8 heteroatoms. The first kappa shape index (κ1) is 14.2. The lowest BCUT2D eigenvalue weighted by Gasteiger charge is -2.08. The molecule has 0 aliphatic rings. The quantitative estimate of drug-likeness (QED) is 0.488. The normalized spacial score (nSPS) is 9.94. The van der Waals surface area contributed by atoms with Gasteiger partial charge >= 0.3 is 0 Å². The van der Waals surface area contributed by atoms with Crippen molar-refractivity contribution < 1.29 is 14.1 Å². The van der Waals surface area contributed by atoms with Crippen LogP contribution < -0.4 is 10.6 Å². The van der Waals surface area contributed by atoms with Crippen LogP contribution in [0, 0.1) is 15.9 Å². The smallest absolute Gasteiger partial charge is 0.295 e. The molecule has 0 aromatic heterocycles. The third-order valence-corrected chi connectivity index (χ3v) is 2.34. The van der Waals surface area contributed by atoms with Gasteiger partial charge in [-0.1, -0.05) is 11.6 Å². The molecule has 0 heterocycles. The molecular weight excluding hydrogens is 265 g/mol. The molecule has 0 radical (unpaired) electrons. The summed E-state index contributed by atoms with van der Waals surface area (Å²) in [4.78, 5) is 20.6. The molecular formula is C10H11ClFN3O3. The van der Waals surface area contributed by atoms with Crippen LogP contribution in [0.15, 0.2) is 12.1 Å². The van der Waals surface area contributed by atoms with Crippen molar-refractivity contribution >= 4 is 28.9 Å². The largest absolute Gasteiger partial charge is 0.378 e. The Labute approximate surface area is 107 Å². The predicted octanol–water partition coefficient (Wildman–Crippen LogP) is 1.94. The topological polar surface area (TPSA) is 84.3 Å². The number of hydrogen-bond acceptors (Lipinski definition) is 4. The van der Waals surface area contributed by atoms with E-state index in [9.17, 15) is 19.3 Å². The van der Waals surface area contributed by atoms with Crippen molar-refractivity contribution in [2.75, 3.05) is 18.4 Å². The Hall–Kier alpha value is -1.89. The molecule has 1 aromatic rings. The molecule has 0 atom stereocenters. The maximum absolute atomic E-state index is 13.1. The van der Waals surface area contributed by atoms with Crippen LogP contribution in [-0.2, 0) is 4.79 Å². The van der Waals surface area contributed by atoms with Crippen molar-refractivity contribution in [2.24, 2.45) is 0 Å². The summed E-state index contributed by atoms with van der Waals surface area (Å²) in [5, 5.41) is 15.7. The third kappa shape index (κ3) is 3.85. The molecule has 1 rings (SSSR count). The number of amides is 1. The van der Waals surface area contributed by atoms with Crippen molar-refractivity contribution in [3.8, 4) is 0 Å². The number of rotatable bonds is 5. The lowest BCUT2D eigenvalue weighted by Crippen LogP contribution is -2.26. The first-order valence-electron chi connectivity index (χ1n) is 5.03. The fourth-order valence-corrected chi connectivity index (χ4v) is 1.43. The fourth-order valence-electron chi connectivity index (χ4n) is 1.26. The molecule has 6 nitrogen and oxygen atoms in total. The van der Waals surface area contributed by atoms with Crippen LogP contribution >= 0.6 is 11.6 Å². The number of halogens is 2. The minimum atomic E-state index is -0.851. The highest BCUT2D eigenvalue weighted by atomic mass is 35.5. The predicted molar refractivity (Wildman–Crippen MR) is 65.2 cm³/mol. The minimum absolute atomic E-state index is 0.108. The molecule has 1 amide bonds. The molecule has 0 saturated carbocycles. The van der Waals surface area contributed by atoms with Gasteiger partial charge in [0.1, 0.15) is 11.5 Å². The van der Waals surface area contributed by atoms with Gasteiger partial charge in [-0.2, -0.15) is 0 Å². The fraction of sp³-hybridized carbons (Fsp3) is 0.300. The lowest BCUT2D eigenvalue weighted by atomic mass is 10.2. The van der Waals surface area contributed by atoms with Crippen molar-refractivity contribution in [1.29, 1.82) is 0 Å². The molecule has 0 aliphatic carbocycles. The third-order valence-electron chi connectivity index (χ3n) is 2.05. The zero-order chi connectivity index (χ0) is 13.7. The molecule has 0 spiro atoms. The highest BCUT2D eigenvalue weighted by Crippen LogP contribution is 2.29. The summed E-state index contributed by atoms with van der Waals surface area (Å²) in [5.74, 6) is -1.06. The maximum atomic E-state index is 13.1. The summed E-state index contributed by atoms with van der Waals surface area (Å²) in [6, 6.07) is 1.89. The Bertz CT molecular complexity index is 482. The molecule has 98 valence electrons. The van der Waals surface area contributed by atoms with E-state index in [0.29, 0.717) is 6.54 Å². The Morgan fingerprint density at radius 3 is 2.72 bits per heavy atom. The summed E-state index contributed by atoms with van der Waals surface area (Å²) < 4.78 is 13.1. The van der Waals surface area contributed by atoms with Gasteiger partial charge in [-0.25, -0.2) is 4.39 Å². The van der Waals surface area contributed by atoms with Crippen LogP contribution in [0.1, 0.15) is 6.92 Å². The number of benzene rings is 1. The van der Waals surface area contributed by atoms with Crippen LogP contribution in [0.3, 0.4) is 0 Å². The van der Waals surface area contributed by atoms with E-state index in [1.54, 1.807) is 0 Å². The second kappa shape index (κ2) is 6.15. The Balaban J connectivity index is 2.77. The summed E-state index contributed by atoms with van der Waals surface area (Å²) in [5.41, 5.74) is -0.295. The monoisotopic (exact) mass is 275 g/mol. The van der Waals surface area contributed by atoms with Gasteiger partial charge in [0.15, 0.2) is 0 Å². The summed E-state index contributed by atoms with van der Waals surface area (Å²) >= 11 is 5.55. The van der Waals surface area contributed by atoms with E-state index >= 15 is 0 Å². The van der Waals surface area contributed by atoms with Gasteiger partial charge < -0.3 is 10.6 Å². The van der Waals surface area contributed by atoms with Crippen molar-refractivity contribution in [2.45, 2.75) is 6.92 Å². The highest BCUT2D eigenvalue weighted by Gasteiger charge is 2.17. The second-order valence-electron chi connectivity index (χ2n) is 3.45. The zero-order valence-electron chi connectivity index (χ0n) is 9.50. The van der Waals surface area contributed by atoms with Gasteiger partial charge in [0.05, 0.1) is 16.0 Å². The first-order chi connectivity index (χ1) is 8.41. The Kier molecular flexibility index (Phi) is 4.85. The number of nitrogens with one attached hydrogen (secondary N) is 2. The standard InChI is InChI=1S/C10H11ClFN3O3/c1-6(16)13-2-3-14-9-4-7(11)8(12)5-10(9)15(17)18/h4-5,14H,2-3H2,1H3,(H,13,16). The molecule has 0 fully saturated rings. The lowest BCUT2D eigenvalue weighted by molar-refractivity contribution is -0.384. The number of anilines is 1. The molecule has 0 unspecified atom stereocenters. The average Bonchev–Trinajstić information content (AvgIpc) is 2.28. The summed E-state index contributed by atoms with van der Waals surface area (Å²) in [6.45, 7) is 1.92. The van der Waals surface area contributed by atoms with Gasteiger partial charge in [-0.3, -0.25) is 14.9 Å². The molecule has 0 saturated heterocycles. The Morgan fingerprint density at radius 2 is 2.17 bits per heavy atom. The highest BCUT2D eigenvalue weighted by molar-refractivity contribution is 6.31. The van der Waals surface area contributed by atoms with E-state index in [1.165, 1.54) is 6.92 Å². The van der Waals surface area contributed by atoms with Crippen molar-refractivity contribution in [3.63, 3.8) is 0 Å². The van der Waals surface area contributed by atoms with Gasteiger partial charge in [-0.05, 0) is 6.07 Å². The van der Waals surface area contributed by atoms with E-state index in [4.69, 9.17) is 11.6 Å². The summed E-state index contributed by atoms with van der Waals surface area (Å²) in [7, 11) is 0. The van der Waals surface area contributed by atoms with Crippen LogP contribution in [-0.4, -0.2) is 23.9 Å². The van der Waals surface area contributed by atoms with Crippen molar-refractivity contribution in [1.82, 2.24) is 5.32 Å². The minimum Gasteiger partial charge on any atom is -0.378 e. The van der Waals surface area contributed by atoms with Crippen LogP contribution in [0.2, 0.25) is 5.02 Å². The average molecular weight is 276 g/mol. The number of hydrogen-bond donors (Lipinski definition) is 2. The van der Waals surface area contributed by atoms with Crippen molar-refractivity contribution in [3.05, 3.63) is 33.1 Å². The zero-order valence-corrected chi connectivity index (χ0v) is 10.3. The van der Waals surface area contributed by atoms with E-state index in [1.807, 2.05) is 0 Å². The number of carbonyl (C=O) groups is 1. The van der Waals surface area contributed by atoms with E-state index in [0.717, 1.165) is 12.1 Å². The van der Waals surface area contributed by atoms with Gasteiger partial charge in [0.25, 0.3) is 5.69 Å². The summed E-state index contributed by atoms with van der Waals surface area (Å²) in [6.07, 6.45) is 0. The van der Waals surface area contributed by atoms with Gasteiger partial charge in [-0.15, -0.1) is 0 Å². The molecule has 1 aromatic carbocycles.